The summed E-state index contributed by atoms with van der Waals surface area (Å²) in [4.78, 5) is 20.0. The molecule has 0 spiro atoms. The second-order valence-corrected chi connectivity index (χ2v) is 7.48. The van der Waals surface area contributed by atoms with Crippen LogP contribution in [0.1, 0.15) is 37.1 Å². The molecule has 1 heterocycles. The van der Waals surface area contributed by atoms with Crippen molar-refractivity contribution in [1.29, 1.82) is 0 Å². The average Bonchev–Trinajstić information content (AvgIpc) is 2.66. The van der Waals surface area contributed by atoms with Crippen molar-refractivity contribution >= 4 is 6.21 Å². The molecule has 5 nitrogen and oxygen atoms in total. The predicted molar refractivity (Wildman–Crippen MR) is 110 cm³/mol. The maximum atomic E-state index is 11.9. The number of allylic oxidation sites excluding steroid dienone is 2. The molecule has 0 radical (unpaired) electrons. The number of para-hydroxylation sites is 1. The first kappa shape index (κ1) is 18.3. The highest BCUT2D eigenvalue weighted by Gasteiger charge is 2.46. The van der Waals surface area contributed by atoms with Gasteiger partial charge in [0.25, 0.3) is 0 Å². The van der Waals surface area contributed by atoms with Gasteiger partial charge in [0.05, 0.1) is 7.11 Å². The minimum atomic E-state index is -0.578. The molecule has 0 saturated heterocycles. The summed E-state index contributed by atoms with van der Waals surface area (Å²) in [5, 5.41) is 10.5. The fourth-order valence-corrected chi connectivity index (χ4v) is 4.64. The van der Waals surface area contributed by atoms with Crippen LogP contribution in [-0.4, -0.2) is 23.4 Å². The highest BCUT2D eigenvalue weighted by Crippen LogP contribution is 2.52. The summed E-state index contributed by atoms with van der Waals surface area (Å²) < 4.78 is 5.21. The van der Waals surface area contributed by atoms with Crippen LogP contribution >= 0.6 is 0 Å². The molecule has 0 saturated carbocycles. The summed E-state index contributed by atoms with van der Waals surface area (Å²) in [6, 6.07) is 8.82. The van der Waals surface area contributed by atoms with E-state index >= 15 is 0 Å². The van der Waals surface area contributed by atoms with Crippen molar-refractivity contribution in [2.45, 2.75) is 32.2 Å². The molecule has 2 aromatic rings. The van der Waals surface area contributed by atoms with Crippen molar-refractivity contribution in [1.82, 2.24) is 4.98 Å². The average molecular weight is 376 g/mol. The highest BCUT2D eigenvalue weighted by atomic mass is 16.5. The summed E-state index contributed by atoms with van der Waals surface area (Å²) in [7, 11) is 1.53. The first-order chi connectivity index (χ1) is 13.5. The standard InChI is InChI=1S/C23H24N2O3/c1-4-17-16-10-14(2)12-23(17,18-8-9-21(26)25-19(18)11-16)24-13-15-6-5-7-20(28-3)22(15)27/h4-10,13,16,27H,11-12H2,1-3H3,(H,25,26)/t16-,23+/m0/s1. The lowest BCUT2D eigenvalue weighted by Gasteiger charge is -2.45. The van der Waals surface area contributed by atoms with Gasteiger partial charge < -0.3 is 14.8 Å². The highest BCUT2D eigenvalue weighted by molar-refractivity contribution is 5.85. The zero-order valence-corrected chi connectivity index (χ0v) is 16.3. The van der Waals surface area contributed by atoms with Gasteiger partial charge in [-0.05, 0) is 44.0 Å². The van der Waals surface area contributed by atoms with Crippen molar-refractivity contribution < 1.29 is 9.84 Å². The van der Waals surface area contributed by atoms with Gasteiger partial charge in [0.15, 0.2) is 11.5 Å². The number of methoxy groups -OCH3 is 1. The lowest BCUT2D eigenvalue weighted by molar-refractivity contribution is 0.373. The van der Waals surface area contributed by atoms with Crippen LogP contribution in [0.5, 0.6) is 11.5 Å². The summed E-state index contributed by atoms with van der Waals surface area (Å²) in [6.07, 6.45) is 7.65. The SMILES string of the molecule is CC=C1[C@H]2C=C(C)C[C@]1(N=Cc1cccc(OC)c1O)c1ccc(=O)[nH]c1C2. The first-order valence-corrected chi connectivity index (χ1v) is 9.46. The van der Waals surface area contributed by atoms with Crippen LogP contribution in [0.4, 0.5) is 0 Å². The molecule has 2 aliphatic carbocycles. The molecular weight excluding hydrogens is 352 g/mol. The number of aromatic hydroxyl groups is 1. The number of hydrogen-bond acceptors (Lipinski definition) is 4. The van der Waals surface area contributed by atoms with E-state index in [4.69, 9.17) is 9.73 Å². The van der Waals surface area contributed by atoms with Crippen LogP contribution in [0, 0.1) is 5.92 Å². The van der Waals surface area contributed by atoms with Gasteiger partial charge in [0.1, 0.15) is 5.54 Å². The molecule has 1 aromatic carbocycles. The van der Waals surface area contributed by atoms with Gasteiger partial charge in [-0.2, -0.15) is 0 Å². The number of fused-ring (bicyclic) bond motifs is 4. The fraction of sp³-hybridized carbons (Fsp3) is 0.304. The van der Waals surface area contributed by atoms with Crippen LogP contribution in [0.25, 0.3) is 0 Å². The summed E-state index contributed by atoms with van der Waals surface area (Å²) in [5.41, 5.74) is 4.42. The van der Waals surface area contributed by atoms with Gasteiger partial charge in [0, 0.05) is 41.4 Å². The van der Waals surface area contributed by atoms with Crippen molar-refractivity contribution in [3.8, 4) is 11.5 Å². The second kappa shape index (κ2) is 6.82. The molecule has 0 aliphatic heterocycles. The number of ether oxygens (including phenoxy) is 1. The molecule has 2 atom stereocenters. The third kappa shape index (κ3) is 2.78. The lowest BCUT2D eigenvalue weighted by Crippen LogP contribution is -2.40. The Hall–Kier alpha value is -3.08. The molecule has 5 heteroatoms. The molecule has 2 bridgehead atoms. The largest absolute Gasteiger partial charge is 0.504 e. The molecule has 0 fully saturated rings. The molecule has 2 aliphatic rings. The van der Waals surface area contributed by atoms with Gasteiger partial charge in [0.2, 0.25) is 5.56 Å². The quantitative estimate of drug-likeness (QED) is 0.631. The monoisotopic (exact) mass is 376 g/mol. The normalized spacial score (nSPS) is 24.9. The zero-order chi connectivity index (χ0) is 19.9. The number of aliphatic imine (C=N–C) groups is 1. The van der Waals surface area contributed by atoms with Crippen LogP contribution < -0.4 is 10.3 Å². The van der Waals surface area contributed by atoms with E-state index in [1.165, 1.54) is 18.3 Å². The maximum Gasteiger partial charge on any atom is 0.248 e. The van der Waals surface area contributed by atoms with Crippen molar-refractivity contribution in [2.24, 2.45) is 10.9 Å². The Morgan fingerprint density at radius 1 is 1.32 bits per heavy atom. The number of aromatic amines is 1. The zero-order valence-electron chi connectivity index (χ0n) is 16.3. The molecule has 28 heavy (non-hydrogen) atoms. The van der Waals surface area contributed by atoms with E-state index in [-0.39, 0.29) is 17.2 Å². The molecule has 0 unspecified atom stereocenters. The third-order valence-corrected chi connectivity index (χ3v) is 5.75. The summed E-state index contributed by atoms with van der Waals surface area (Å²) in [6.45, 7) is 4.17. The number of H-pyrrole nitrogens is 1. The van der Waals surface area contributed by atoms with E-state index in [1.54, 1.807) is 18.3 Å². The Labute approximate surface area is 164 Å². The third-order valence-electron chi connectivity index (χ3n) is 5.75. The number of aromatic nitrogens is 1. The van der Waals surface area contributed by atoms with Crippen molar-refractivity contribution in [3.05, 3.63) is 80.8 Å². The van der Waals surface area contributed by atoms with Gasteiger partial charge in [-0.1, -0.05) is 23.8 Å². The Morgan fingerprint density at radius 3 is 2.89 bits per heavy atom. The first-order valence-electron chi connectivity index (χ1n) is 9.46. The number of phenols is 1. The van der Waals surface area contributed by atoms with Gasteiger partial charge >= 0.3 is 0 Å². The van der Waals surface area contributed by atoms with E-state index in [2.05, 4.69) is 24.1 Å². The van der Waals surface area contributed by atoms with Gasteiger partial charge in [-0.15, -0.1) is 0 Å². The van der Waals surface area contributed by atoms with Crippen LogP contribution in [-0.2, 0) is 12.0 Å². The van der Waals surface area contributed by atoms with E-state index in [9.17, 15) is 9.90 Å². The molecule has 0 amide bonds. The Balaban J connectivity index is 1.91. The maximum absolute atomic E-state index is 11.9. The topological polar surface area (TPSA) is 74.7 Å². The minimum Gasteiger partial charge on any atom is -0.504 e. The number of nitrogens with one attached hydrogen (secondary N) is 1. The predicted octanol–water partition coefficient (Wildman–Crippen LogP) is 3.87. The fourth-order valence-electron chi connectivity index (χ4n) is 4.64. The molecular formula is C23H24N2O3. The van der Waals surface area contributed by atoms with Gasteiger partial charge in [-0.25, -0.2) is 0 Å². The summed E-state index contributed by atoms with van der Waals surface area (Å²) >= 11 is 0. The molecule has 4 rings (SSSR count). The smallest absolute Gasteiger partial charge is 0.248 e. The van der Waals surface area contributed by atoms with Crippen molar-refractivity contribution in [3.63, 3.8) is 0 Å². The van der Waals surface area contributed by atoms with E-state index in [0.717, 1.165) is 24.1 Å². The molecule has 2 N–H and O–H groups in total. The lowest BCUT2D eigenvalue weighted by atomic mass is 9.63. The van der Waals surface area contributed by atoms with Crippen LogP contribution in [0.15, 0.2) is 63.4 Å². The summed E-state index contributed by atoms with van der Waals surface area (Å²) in [5.74, 6) is 0.698. The number of benzene rings is 1. The number of phenolic OH excluding ortho intramolecular Hbond substituents is 1. The number of pyridine rings is 1. The van der Waals surface area contributed by atoms with Crippen LogP contribution in [0.3, 0.4) is 0 Å². The Kier molecular flexibility index (Phi) is 4.46. The molecule has 1 aromatic heterocycles. The van der Waals surface area contributed by atoms with Crippen molar-refractivity contribution in [2.75, 3.05) is 7.11 Å². The second-order valence-electron chi connectivity index (χ2n) is 7.48. The number of rotatable bonds is 3. The Morgan fingerprint density at radius 2 is 2.14 bits per heavy atom. The number of hydrogen-bond donors (Lipinski definition) is 2. The molecule has 144 valence electrons. The van der Waals surface area contributed by atoms with E-state index < -0.39 is 5.54 Å². The minimum absolute atomic E-state index is 0.0734. The van der Waals surface area contributed by atoms with E-state index in [0.29, 0.717) is 11.3 Å². The number of nitrogens with zero attached hydrogens (tertiary/aromatic N) is 1. The van der Waals surface area contributed by atoms with Gasteiger partial charge in [-0.3, -0.25) is 9.79 Å². The van der Waals surface area contributed by atoms with Crippen LogP contribution in [0.2, 0.25) is 0 Å². The Bertz CT molecular complexity index is 1080. The van der Waals surface area contributed by atoms with E-state index in [1.807, 2.05) is 25.1 Å².